The Morgan fingerprint density at radius 2 is 2.00 bits per heavy atom. The molecule has 5 rings (SSSR count). The molecule has 4 heterocycles. The zero-order valence-corrected chi connectivity index (χ0v) is 21.4. The van der Waals surface area contributed by atoms with Gasteiger partial charge in [0, 0.05) is 36.2 Å². The molecule has 1 N–H and O–H groups in total. The molecule has 2 aromatic heterocycles. The summed E-state index contributed by atoms with van der Waals surface area (Å²) in [4.78, 5) is 14.1. The molecule has 3 atom stereocenters. The zero-order valence-electron chi connectivity index (χ0n) is 19.9. The predicted octanol–water partition coefficient (Wildman–Crippen LogP) is 4.14. The van der Waals surface area contributed by atoms with E-state index in [1.54, 1.807) is 23.0 Å². The van der Waals surface area contributed by atoms with Crippen LogP contribution in [-0.2, 0) is 0 Å². The van der Waals surface area contributed by atoms with Gasteiger partial charge in [0.25, 0.3) is 0 Å². The number of nitrogens with zero attached hydrogens (tertiary/aromatic N) is 7. The molecule has 10 heteroatoms. The number of nitriles is 1. The monoisotopic (exact) mass is 513 g/mol. The average molecular weight is 514 g/mol. The van der Waals surface area contributed by atoms with E-state index >= 15 is 0 Å². The van der Waals surface area contributed by atoms with Crippen molar-refractivity contribution < 1.29 is 5.11 Å². The highest BCUT2D eigenvalue weighted by Crippen LogP contribution is 2.35. The number of anilines is 1. The highest BCUT2D eigenvalue weighted by atomic mass is 35.5. The van der Waals surface area contributed by atoms with Crippen molar-refractivity contribution in [1.82, 2.24) is 24.6 Å². The largest absolute Gasteiger partial charge is 0.392 e. The van der Waals surface area contributed by atoms with Crippen molar-refractivity contribution in [3.8, 4) is 6.07 Å². The summed E-state index contributed by atoms with van der Waals surface area (Å²) in [5, 5.41) is 25.0. The van der Waals surface area contributed by atoms with Crippen LogP contribution >= 0.6 is 23.2 Å². The lowest BCUT2D eigenvalue weighted by atomic mass is 9.80. The summed E-state index contributed by atoms with van der Waals surface area (Å²) in [6.45, 7) is 8.56. The molecule has 0 amide bonds. The van der Waals surface area contributed by atoms with Crippen molar-refractivity contribution in [3.63, 3.8) is 0 Å². The first-order chi connectivity index (χ1) is 16.8. The van der Waals surface area contributed by atoms with Crippen molar-refractivity contribution >= 4 is 40.2 Å². The highest BCUT2D eigenvalue weighted by Gasteiger charge is 2.37. The summed E-state index contributed by atoms with van der Waals surface area (Å²) >= 11 is 12.5. The molecule has 184 valence electrons. The van der Waals surface area contributed by atoms with Gasteiger partial charge in [0.05, 0.1) is 18.3 Å². The zero-order chi connectivity index (χ0) is 24.7. The van der Waals surface area contributed by atoms with Crippen molar-refractivity contribution in [2.24, 2.45) is 11.8 Å². The Morgan fingerprint density at radius 3 is 2.71 bits per heavy atom. The molecule has 2 fully saturated rings. The number of aliphatic hydroxyl groups is 1. The van der Waals surface area contributed by atoms with E-state index in [0.29, 0.717) is 33.0 Å². The standard InChI is InChI=1S/C25H29Cl2N7O/c1-15(35)11-32-7-3-4-17(12-32)18-13-33(14-18)23-10-29-24-22(9-28)31-34(25(24)30-23)16(2)20-6-5-19(26)8-21(20)27/h5-6,8,10,15-18,35H,3-4,7,11-14H2,1-2H3/t15?,16?,17-/m1/s1. The van der Waals surface area contributed by atoms with Gasteiger partial charge in [-0.15, -0.1) is 0 Å². The topological polar surface area (TPSA) is 94.1 Å². The van der Waals surface area contributed by atoms with Gasteiger partial charge in [-0.2, -0.15) is 10.4 Å². The van der Waals surface area contributed by atoms with Gasteiger partial charge < -0.3 is 14.9 Å². The quantitative estimate of drug-likeness (QED) is 0.528. The molecule has 0 aliphatic carbocycles. The van der Waals surface area contributed by atoms with Gasteiger partial charge >= 0.3 is 0 Å². The maximum atomic E-state index is 9.75. The summed E-state index contributed by atoms with van der Waals surface area (Å²) in [6, 6.07) is 7.26. The van der Waals surface area contributed by atoms with Crippen LogP contribution < -0.4 is 4.90 Å². The van der Waals surface area contributed by atoms with Crippen LogP contribution in [0.15, 0.2) is 24.4 Å². The summed E-state index contributed by atoms with van der Waals surface area (Å²) in [6.07, 6.45) is 3.87. The van der Waals surface area contributed by atoms with E-state index in [9.17, 15) is 10.4 Å². The second kappa shape index (κ2) is 9.90. The molecule has 1 aromatic carbocycles. The molecule has 0 radical (unpaired) electrons. The number of likely N-dealkylation sites (tertiary alicyclic amines) is 1. The third kappa shape index (κ3) is 4.83. The van der Waals surface area contributed by atoms with Crippen LogP contribution in [0.5, 0.6) is 0 Å². The minimum absolute atomic E-state index is 0.248. The minimum atomic E-state index is -0.290. The Hall–Kier alpha value is -2.44. The SMILES string of the molecule is CC(O)CN1CCC[C@@H](C2CN(c3cnc4c(C#N)nn(C(C)c5ccc(Cl)cc5Cl)c4n3)C2)C1. The molecule has 8 nitrogen and oxygen atoms in total. The number of piperidine rings is 1. The number of aromatic nitrogens is 4. The third-order valence-corrected chi connectivity index (χ3v) is 7.80. The summed E-state index contributed by atoms with van der Waals surface area (Å²) < 4.78 is 1.73. The van der Waals surface area contributed by atoms with Crippen molar-refractivity contribution in [1.29, 1.82) is 5.26 Å². The number of β-amino-alcohol motifs (C(OH)–C–C–N with tert-alkyl or cyclic N) is 1. The van der Waals surface area contributed by atoms with Crippen LogP contribution in [0.4, 0.5) is 5.82 Å². The summed E-state index contributed by atoms with van der Waals surface area (Å²) in [7, 11) is 0. The Balaban J connectivity index is 1.36. The summed E-state index contributed by atoms with van der Waals surface area (Å²) in [5.74, 6) is 2.04. The van der Waals surface area contributed by atoms with Crippen LogP contribution in [0.25, 0.3) is 11.2 Å². The number of benzene rings is 1. The molecule has 2 aliphatic rings. The fourth-order valence-electron chi connectivity index (χ4n) is 5.38. The van der Waals surface area contributed by atoms with Crippen LogP contribution in [-0.4, -0.2) is 68.6 Å². The van der Waals surface area contributed by atoms with E-state index in [4.69, 9.17) is 28.2 Å². The molecule has 0 bridgehead atoms. The lowest BCUT2D eigenvalue weighted by molar-refractivity contribution is 0.0725. The van der Waals surface area contributed by atoms with Gasteiger partial charge in [-0.05, 0) is 62.8 Å². The molecule has 2 aliphatic heterocycles. The fourth-order valence-corrected chi connectivity index (χ4v) is 5.95. The molecule has 0 spiro atoms. The third-order valence-electron chi connectivity index (χ3n) is 7.24. The van der Waals surface area contributed by atoms with E-state index < -0.39 is 0 Å². The van der Waals surface area contributed by atoms with Crippen molar-refractivity contribution in [3.05, 3.63) is 45.7 Å². The number of fused-ring (bicyclic) bond motifs is 1. The van der Waals surface area contributed by atoms with Crippen molar-refractivity contribution in [2.75, 3.05) is 37.6 Å². The van der Waals surface area contributed by atoms with Crippen molar-refractivity contribution in [2.45, 2.75) is 38.8 Å². The first-order valence-corrected chi connectivity index (χ1v) is 12.8. The van der Waals surface area contributed by atoms with Crippen LogP contribution in [0.3, 0.4) is 0 Å². The molecule has 2 unspecified atom stereocenters. The lowest BCUT2D eigenvalue weighted by Crippen LogP contribution is -2.54. The fraction of sp³-hybridized carbons (Fsp3) is 0.520. The minimum Gasteiger partial charge on any atom is -0.392 e. The van der Waals surface area contributed by atoms with Crippen LogP contribution in [0, 0.1) is 23.2 Å². The number of rotatable bonds is 6. The maximum Gasteiger partial charge on any atom is 0.190 e. The maximum absolute atomic E-state index is 9.75. The van der Waals surface area contributed by atoms with Crippen LogP contribution in [0.1, 0.15) is 44.0 Å². The Labute approximate surface area is 215 Å². The normalized spacial score (nSPS) is 21.0. The summed E-state index contributed by atoms with van der Waals surface area (Å²) in [5.41, 5.74) is 2.16. The smallest absolute Gasteiger partial charge is 0.190 e. The number of halogens is 2. The molecular formula is C25H29Cl2N7O. The molecule has 3 aromatic rings. The van der Waals surface area contributed by atoms with Gasteiger partial charge in [0.1, 0.15) is 17.4 Å². The molecule has 0 saturated carbocycles. The van der Waals surface area contributed by atoms with Gasteiger partial charge in [-0.3, -0.25) is 0 Å². The second-order valence-electron chi connectivity index (χ2n) is 9.82. The lowest BCUT2D eigenvalue weighted by Gasteiger charge is -2.47. The van der Waals surface area contributed by atoms with Gasteiger partial charge in [-0.1, -0.05) is 29.3 Å². The highest BCUT2D eigenvalue weighted by molar-refractivity contribution is 6.35. The van der Waals surface area contributed by atoms with E-state index in [-0.39, 0.29) is 17.8 Å². The predicted molar refractivity (Wildman–Crippen MR) is 137 cm³/mol. The number of hydrogen-bond donors (Lipinski definition) is 1. The number of hydrogen-bond acceptors (Lipinski definition) is 7. The van der Waals surface area contributed by atoms with E-state index in [1.165, 1.54) is 12.8 Å². The Bertz CT molecular complexity index is 1260. The molecule has 35 heavy (non-hydrogen) atoms. The number of aliphatic hydroxyl groups excluding tert-OH is 1. The average Bonchev–Trinajstić information content (AvgIpc) is 3.16. The molecule has 2 saturated heterocycles. The first kappa shape index (κ1) is 24.3. The van der Waals surface area contributed by atoms with E-state index in [0.717, 1.165) is 44.1 Å². The van der Waals surface area contributed by atoms with E-state index in [1.807, 2.05) is 19.9 Å². The van der Waals surface area contributed by atoms with Crippen LogP contribution in [0.2, 0.25) is 10.0 Å². The Kier molecular flexibility index (Phi) is 6.86. The van der Waals surface area contributed by atoms with Gasteiger partial charge in [-0.25, -0.2) is 14.6 Å². The Morgan fingerprint density at radius 1 is 1.20 bits per heavy atom. The van der Waals surface area contributed by atoms with Gasteiger partial charge in [0.2, 0.25) is 0 Å². The first-order valence-electron chi connectivity index (χ1n) is 12.1. The second-order valence-corrected chi connectivity index (χ2v) is 10.7. The molecular weight excluding hydrogens is 485 g/mol. The van der Waals surface area contributed by atoms with Gasteiger partial charge in [0.15, 0.2) is 11.3 Å². The van der Waals surface area contributed by atoms with E-state index in [2.05, 4.69) is 26.0 Å².